The Bertz CT molecular complexity index is 916. The summed E-state index contributed by atoms with van der Waals surface area (Å²) in [5.41, 5.74) is 5.77. The number of fused-ring (bicyclic) bond motifs is 1. The number of rotatable bonds is 8. The monoisotopic (exact) mass is 365 g/mol. The number of aliphatic hydroxyl groups excluding tert-OH is 1. The first-order chi connectivity index (χ1) is 13.2. The number of hydrogen-bond acceptors (Lipinski definition) is 4. The molecule has 0 saturated heterocycles. The lowest BCUT2D eigenvalue weighted by atomic mass is 10.0. The zero-order valence-corrected chi connectivity index (χ0v) is 14.9. The Hall–Kier alpha value is -2.93. The van der Waals surface area contributed by atoms with Crippen LogP contribution in [0.5, 0.6) is 0 Å². The van der Waals surface area contributed by atoms with Gasteiger partial charge in [-0.25, -0.2) is 5.48 Å². The van der Waals surface area contributed by atoms with Crippen molar-refractivity contribution in [3.63, 3.8) is 0 Å². The van der Waals surface area contributed by atoms with Gasteiger partial charge in [-0.05, 0) is 35.3 Å². The maximum absolute atomic E-state index is 11.0. The molecule has 0 fully saturated rings. The van der Waals surface area contributed by atoms with Crippen LogP contribution in [0, 0.1) is 0 Å². The lowest BCUT2D eigenvalue weighted by Gasteiger charge is -2.16. The first kappa shape index (κ1) is 18.8. The molecule has 3 aromatic rings. The minimum absolute atomic E-state index is 0.0444. The molecule has 0 radical (unpaired) electrons. The number of aromatic nitrogens is 1. The number of carbonyl (C=O) groups excluding carboxylic acids is 1. The fourth-order valence-electron chi connectivity index (χ4n) is 2.99. The molecule has 3 rings (SSSR count). The summed E-state index contributed by atoms with van der Waals surface area (Å²) in [6.45, 7) is 0.686. The van der Waals surface area contributed by atoms with Crippen molar-refractivity contribution in [2.45, 2.75) is 19.0 Å². The number of aliphatic hydroxyl groups is 1. The number of hydrogen-bond donors (Lipinski definition) is 5. The van der Waals surface area contributed by atoms with E-state index in [1.807, 2.05) is 48.7 Å². The molecule has 0 aliphatic heterocycles. The summed E-state index contributed by atoms with van der Waals surface area (Å²) in [4.78, 5) is 14.3. The summed E-state index contributed by atoms with van der Waals surface area (Å²) < 4.78 is 0. The van der Waals surface area contributed by atoms with Gasteiger partial charge in [-0.2, -0.15) is 0 Å². The minimum Gasteiger partial charge on any atom is -0.395 e. The number of H-pyrrole nitrogens is 1. The van der Waals surface area contributed by atoms with E-state index >= 15 is 0 Å². The summed E-state index contributed by atoms with van der Waals surface area (Å²) in [5, 5.41) is 22.8. The van der Waals surface area contributed by atoms with Crippen LogP contribution in [-0.2, 0) is 17.8 Å². The van der Waals surface area contributed by atoms with Gasteiger partial charge >= 0.3 is 0 Å². The van der Waals surface area contributed by atoms with Gasteiger partial charge in [0.05, 0.1) is 6.61 Å². The van der Waals surface area contributed by atoms with Crippen molar-refractivity contribution >= 4 is 22.9 Å². The van der Waals surface area contributed by atoms with Crippen LogP contribution in [0.4, 0.5) is 0 Å². The molecule has 6 nitrogen and oxygen atoms in total. The molecule has 0 aliphatic carbocycles. The Morgan fingerprint density at radius 1 is 1.15 bits per heavy atom. The molecule has 1 atom stereocenters. The molecule has 0 bridgehead atoms. The van der Waals surface area contributed by atoms with Gasteiger partial charge in [0.15, 0.2) is 0 Å². The number of nitrogens with one attached hydrogen (secondary N) is 3. The van der Waals surface area contributed by atoms with E-state index in [9.17, 15) is 9.90 Å². The molecule has 1 amide bonds. The van der Waals surface area contributed by atoms with Gasteiger partial charge in [0.2, 0.25) is 0 Å². The highest BCUT2D eigenvalue weighted by atomic mass is 16.5. The van der Waals surface area contributed by atoms with Crippen LogP contribution in [0.15, 0.2) is 60.8 Å². The zero-order valence-electron chi connectivity index (χ0n) is 14.9. The van der Waals surface area contributed by atoms with E-state index in [2.05, 4.69) is 16.4 Å². The van der Waals surface area contributed by atoms with Crippen molar-refractivity contribution < 1.29 is 15.1 Å². The van der Waals surface area contributed by atoms with E-state index in [1.54, 1.807) is 11.6 Å². The second-order valence-corrected chi connectivity index (χ2v) is 6.37. The Morgan fingerprint density at radius 3 is 2.67 bits per heavy atom. The average Bonchev–Trinajstić information content (AvgIpc) is 3.13. The molecule has 1 aromatic heterocycles. The average molecular weight is 365 g/mol. The Balaban J connectivity index is 1.57. The predicted molar refractivity (Wildman–Crippen MR) is 105 cm³/mol. The van der Waals surface area contributed by atoms with Gasteiger partial charge in [0.25, 0.3) is 5.91 Å². The maximum Gasteiger partial charge on any atom is 0.267 e. The Morgan fingerprint density at radius 2 is 1.93 bits per heavy atom. The highest BCUT2D eigenvalue weighted by molar-refractivity contribution is 5.90. The van der Waals surface area contributed by atoms with E-state index in [0.717, 1.165) is 23.1 Å². The third kappa shape index (κ3) is 5.04. The first-order valence-electron chi connectivity index (χ1n) is 8.80. The topological polar surface area (TPSA) is 97.4 Å². The third-order valence-corrected chi connectivity index (χ3v) is 4.47. The Labute approximate surface area is 157 Å². The minimum atomic E-state index is -0.566. The van der Waals surface area contributed by atoms with Crippen molar-refractivity contribution in [1.29, 1.82) is 0 Å². The van der Waals surface area contributed by atoms with E-state index in [-0.39, 0.29) is 12.6 Å². The smallest absolute Gasteiger partial charge is 0.267 e. The van der Waals surface area contributed by atoms with Gasteiger partial charge in [0.1, 0.15) is 0 Å². The standard InChI is InChI=1S/C21H23N3O3/c25-14-18(11-17-13-23-20-4-2-1-3-19(17)20)22-12-16-7-5-15(6-8-16)9-10-21(26)24-27/h1-10,13,18,22-23,25,27H,11-12,14H2,(H,24,26)/b10-9+. The molecule has 0 spiro atoms. The number of benzene rings is 2. The number of hydroxylamine groups is 1. The predicted octanol–water partition coefficient (Wildman–Crippen LogP) is 2.38. The zero-order chi connectivity index (χ0) is 19.1. The summed E-state index contributed by atoms with van der Waals surface area (Å²) >= 11 is 0. The Kier molecular flexibility index (Phi) is 6.38. The second kappa shape index (κ2) is 9.14. The van der Waals surface area contributed by atoms with E-state index in [4.69, 9.17) is 5.21 Å². The third-order valence-electron chi connectivity index (χ3n) is 4.47. The van der Waals surface area contributed by atoms with E-state index in [0.29, 0.717) is 6.54 Å². The molecular formula is C21H23N3O3. The highest BCUT2D eigenvalue weighted by Crippen LogP contribution is 2.19. The van der Waals surface area contributed by atoms with Crippen LogP contribution in [0.1, 0.15) is 16.7 Å². The van der Waals surface area contributed by atoms with Crippen LogP contribution < -0.4 is 10.8 Å². The SMILES string of the molecule is O=C(/C=C/c1ccc(CNC(CO)Cc2c[nH]c3ccccc23)cc1)NO. The highest BCUT2D eigenvalue weighted by Gasteiger charge is 2.11. The van der Waals surface area contributed by atoms with Crippen LogP contribution in [-0.4, -0.2) is 33.9 Å². The molecule has 1 heterocycles. The van der Waals surface area contributed by atoms with Crippen LogP contribution >= 0.6 is 0 Å². The van der Waals surface area contributed by atoms with E-state index in [1.165, 1.54) is 17.0 Å². The normalized spacial score (nSPS) is 12.5. The summed E-state index contributed by atoms with van der Waals surface area (Å²) in [6, 6.07) is 15.8. The van der Waals surface area contributed by atoms with Crippen molar-refractivity contribution in [3.05, 3.63) is 77.5 Å². The fraction of sp³-hybridized carbons (Fsp3) is 0.190. The molecule has 6 heteroatoms. The number of carbonyl (C=O) groups is 1. The molecule has 2 aromatic carbocycles. The molecule has 5 N–H and O–H groups in total. The summed E-state index contributed by atoms with van der Waals surface area (Å²) in [6.07, 6.45) is 5.61. The van der Waals surface area contributed by atoms with Gasteiger partial charge in [-0.3, -0.25) is 10.0 Å². The molecule has 1 unspecified atom stereocenters. The van der Waals surface area contributed by atoms with Gasteiger partial charge in [-0.1, -0.05) is 42.5 Å². The lowest BCUT2D eigenvalue weighted by molar-refractivity contribution is -0.124. The molecular weight excluding hydrogens is 342 g/mol. The number of para-hydroxylation sites is 1. The molecule has 0 aliphatic rings. The van der Waals surface area contributed by atoms with Crippen molar-refractivity contribution in [2.24, 2.45) is 0 Å². The molecule has 140 valence electrons. The van der Waals surface area contributed by atoms with E-state index < -0.39 is 5.91 Å². The lowest BCUT2D eigenvalue weighted by Crippen LogP contribution is -2.33. The summed E-state index contributed by atoms with van der Waals surface area (Å²) in [7, 11) is 0. The second-order valence-electron chi connectivity index (χ2n) is 6.37. The van der Waals surface area contributed by atoms with Crippen LogP contribution in [0.2, 0.25) is 0 Å². The van der Waals surface area contributed by atoms with Crippen molar-refractivity contribution in [2.75, 3.05) is 6.61 Å². The molecule has 27 heavy (non-hydrogen) atoms. The summed E-state index contributed by atoms with van der Waals surface area (Å²) in [5.74, 6) is -0.566. The largest absolute Gasteiger partial charge is 0.395 e. The first-order valence-corrected chi connectivity index (χ1v) is 8.80. The van der Waals surface area contributed by atoms with Gasteiger partial charge in [0, 0.05) is 35.8 Å². The quantitative estimate of drug-likeness (QED) is 0.240. The molecule has 0 saturated carbocycles. The number of aromatic amines is 1. The fourth-order valence-corrected chi connectivity index (χ4v) is 2.99. The maximum atomic E-state index is 11.0. The number of amides is 1. The van der Waals surface area contributed by atoms with Gasteiger partial charge < -0.3 is 15.4 Å². The van der Waals surface area contributed by atoms with Crippen molar-refractivity contribution in [1.82, 2.24) is 15.8 Å². The van der Waals surface area contributed by atoms with Gasteiger partial charge in [-0.15, -0.1) is 0 Å². The van der Waals surface area contributed by atoms with Crippen molar-refractivity contribution in [3.8, 4) is 0 Å². The van der Waals surface area contributed by atoms with Crippen LogP contribution in [0.3, 0.4) is 0 Å². The van der Waals surface area contributed by atoms with Crippen LogP contribution in [0.25, 0.3) is 17.0 Å².